The number of rotatable bonds is 5. The molecule has 0 aliphatic heterocycles. The summed E-state index contributed by atoms with van der Waals surface area (Å²) < 4.78 is 0.160. The molecule has 0 heterocycles. The van der Waals surface area contributed by atoms with Gasteiger partial charge >= 0.3 is 0 Å². The van der Waals surface area contributed by atoms with Gasteiger partial charge in [-0.15, -0.1) is 0 Å². The second-order valence-electron chi connectivity index (χ2n) is 4.29. The molecule has 1 N–H and O–H groups in total. The van der Waals surface area contributed by atoms with Crippen LogP contribution in [0.3, 0.4) is 0 Å². The number of hydrogen-bond donors (Lipinski definition) is 1. The van der Waals surface area contributed by atoms with Gasteiger partial charge in [-0.3, -0.25) is 4.79 Å². The van der Waals surface area contributed by atoms with Gasteiger partial charge in [-0.1, -0.05) is 66.0 Å². The smallest absolute Gasteiger partial charge is 0.246 e. The van der Waals surface area contributed by atoms with E-state index in [1.165, 1.54) is 29.1 Å². The van der Waals surface area contributed by atoms with Crippen molar-refractivity contribution in [1.82, 2.24) is 0 Å². The molecule has 0 spiro atoms. The number of hydrogen-bond acceptors (Lipinski definition) is 4. The highest BCUT2D eigenvalue weighted by Gasteiger charge is 2.04. The third-order valence-electron chi connectivity index (χ3n) is 2.75. The van der Waals surface area contributed by atoms with E-state index in [9.17, 15) is 9.90 Å². The van der Waals surface area contributed by atoms with Gasteiger partial charge in [-0.2, -0.15) is 0 Å². The van der Waals surface area contributed by atoms with Gasteiger partial charge in [0, 0.05) is 11.5 Å². The van der Waals surface area contributed by atoms with E-state index in [0.717, 1.165) is 23.5 Å². The molecule has 2 nitrogen and oxygen atoms in total. The monoisotopic (exact) mass is 304 g/mol. The van der Waals surface area contributed by atoms with Crippen LogP contribution in [0.1, 0.15) is 11.1 Å². The van der Waals surface area contributed by atoms with Gasteiger partial charge in [-0.25, -0.2) is 0 Å². The SMILES string of the molecule is O=C(SCCc1ccc(O)cc1)SCc1ccccc1. The van der Waals surface area contributed by atoms with Crippen molar-refractivity contribution in [3.63, 3.8) is 0 Å². The number of benzene rings is 2. The Bertz CT molecular complexity index is 538. The molecule has 20 heavy (non-hydrogen) atoms. The maximum Gasteiger partial charge on any atom is 0.246 e. The number of thioether (sulfide) groups is 2. The lowest BCUT2D eigenvalue weighted by molar-refractivity contribution is 0.276. The Morgan fingerprint density at radius 2 is 1.60 bits per heavy atom. The molecule has 2 aromatic carbocycles. The van der Waals surface area contributed by atoms with Crippen LogP contribution in [0, 0.1) is 0 Å². The van der Waals surface area contributed by atoms with E-state index in [1.54, 1.807) is 12.1 Å². The van der Waals surface area contributed by atoms with Gasteiger partial charge in [0.25, 0.3) is 0 Å². The van der Waals surface area contributed by atoms with Crippen LogP contribution in [0.25, 0.3) is 0 Å². The summed E-state index contributed by atoms with van der Waals surface area (Å²) in [4.78, 5) is 11.7. The fraction of sp³-hybridized carbons (Fsp3) is 0.188. The van der Waals surface area contributed by atoms with Gasteiger partial charge in [0.05, 0.1) is 0 Å². The van der Waals surface area contributed by atoms with Crippen LogP contribution in [0.4, 0.5) is 4.79 Å². The Hall–Kier alpha value is -1.39. The molecule has 0 aliphatic rings. The standard InChI is InChI=1S/C16H16O2S2/c17-15-8-6-13(7-9-15)10-11-19-16(18)20-12-14-4-2-1-3-5-14/h1-9,17H,10-12H2. The van der Waals surface area contributed by atoms with Gasteiger partial charge < -0.3 is 5.11 Å². The number of aryl methyl sites for hydroxylation is 1. The highest BCUT2D eigenvalue weighted by Crippen LogP contribution is 2.22. The van der Waals surface area contributed by atoms with E-state index >= 15 is 0 Å². The summed E-state index contributed by atoms with van der Waals surface area (Å²) in [6.07, 6.45) is 0.836. The fourth-order valence-corrected chi connectivity index (χ4v) is 3.41. The third kappa shape index (κ3) is 5.31. The number of phenols is 1. The average Bonchev–Trinajstić information content (AvgIpc) is 2.48. The second-order valence-corrected chi connectivity index (χ2v) is 6.56. The van der Waals surface area contributed by atoms with Crippen LogP contribution in [-0.2, 0) is 12.2 Å². The highest BCUT2D eigenvalue weighted by molar-refractivity contribution is 8.38. The number of carbonyl (C=O) groups is 1. The van der Waals surface area contributed by atoms with E-state index in [-0.39, 0.29) is 10.2 Å². The summed E-state index contributed by atoms with van der Waals surface area (Å²) in [6.45, 7) is 0. The van der Waals surface area contributed by atoms with E-state index in [4.69, 9.17) is 0 Å². The number of aromatic hydroxyl groups is 1. The minimum atomic E-state index is 0.160. The highest BCUT2D eigenvalue weighted by atomic mass is 32.2. The lowest BCUT2D eigenvalue weighted by atomic mass is 10.2. The maximum absolute atomic E-state index is 11.7. The molecule has 0 saturated heterocycles. The quantitative estimate of drug-likeness (QED) is 0.867. The molecule has 104 valence electrons. The van der Waals surface area contributed by atoms with E-state index < -0.39 is 0 Å². The Morgan fingerprint density at radius 1 is 0.900 bits per heavy atom. The number of phenolic OH excluding ortho intramolecular Hbond substituents is 1. The minimum absolute atomic E-state index is 0.160. The first kappa shape index (κ1) is 15.0. The van der Waals surface area contributed by atoms with Crippen molar-refractivity contribution in [3.8, 4) is 5.75 Å². The molecular weight excluding hydrogens is 288 g/mol. The molecule has 0 bridgehead atoms. The summed E-state index contributed by atoms with van der Waals surface area (Å²) in [5, 5.41) is 9.19. The van der Waals surface area contributed by atoms with Crippen LogP contribution in [0.2, 0.25) is 0 Å². The third-order valence-corrected chi connectivity index (χ3v) is 4.81. The van der Waals surface area contributed by atoms with Crippen molar-refractivity contribution in [3.05, 3.63) is 65.7 Å². The molecule has 0 aromatic heterocycles. The van der Waals surface area contributed by atoms with Crippen molar-refractivity contribution >= 4 is 28.0 Å². The minimum Gasteiger partial charge on any atom is -0.508 e. The predicted molar refractivity (Wildman–Crippen MR) is 87.4 cm³/mol. The Labute approximate surface area is 127 Å². The first-order valence-corrected chi connectivity index (χ1v) is 8.32. The first-order valence-electron chi connectivity index (χ1n) is 6.35. The van der Waals surface area contributed by atoms with E-state index in [1.807, 2.05) is 42.5 Å². The predicted octanol–water partition coefficient (Wildman–Crippen LogP) is 4.72. The first-order chi connectivity index (χ1) is 9.74. The molecule has 2 rings (SSSR count). The normalized spacial score (nSPS) is 10.4. The average molecular weight is 304 g/mol. The summed E-state index contributed by atoms with van der Waals surface area (Å²) >= 11 is 2.71. The molecule has 0 radical (unpaired) electrons. The largest absolute Gasteiger partial charge is 0.508 e. The van der Waals surface area contributed by atoms with Gasteiger partial charge in [-0.05, 0) is 29.7 Å². The number of carbonyl (C=O) groups excluding carboxylic acids is 1. The van der Waals surface area contributed by atoms with Crippen molar-refractivity contribution in [2.45, 2.75) is 12.2 Å². The lowest BCUT2D eigenvalue weighted by Gasteiger charge is -2.02. The molecule has 4 heteroatoms. The maximum atomic E-state index is 11.7. The molecular formula is C16H16O2S2. The zero-order valence-electron chi connectivity index (χ0n) is 11.0. The van der Waals surface area contributed by atoms with Crippen LogP contribution >= 0.6 is 23.5 Å². The van der Waals surface area contributed by atoms with Crippen LogP contribution in [0.15, 0.2) is 54.6 Å². The molecule has 0 amide bonds. The Balaban J connectivity index is 1.66. The Morgan fingerprint density at radius 3 is 2.30 bits per heavy atom. The van der Waals surface area contributed by atoms with Gasteiger partial charge in [0.1, 0.15) is 5.75 Å². The molecule has 0 aliphatic carbocycles. The topological polar surface area (TPSA) is 37.3 Å². The lowest BCUT2D eigenvalue weighted by Crippen LogP contribution is -1.92. The second kappa shape index (κ2) is 8.02. The van der Waals surface area contributed by atoms with Crippen LogP contribution in [0.5, 0.6) is 5.75 Å². The molecule has 0 unspecified atom stereocenters. The zero-order chi connectivity index (χ0) is 14.2. The molecule has 2 aromatic rings. The summed E-state index contributed by atoms with van der Waals surface area (Å²) in [5.74, 6) is 1.77. The van der Waals surface area contributed by atoms with Crippen LogP contribution in [-0.4, -0.2) is 15.3 Å². The summed E-state index contributed by atoms with van der Waals surface area (Å²) in [5.41, 5.74) is 2.31. The van der Waals surface area contributed by atoms with Gasteiger partial charge in [0.2, 0.25) is 4.45 Å². The fourth-order valence-electron chi connectivity index (χ4n) is 1.67. The van der Waals surface area contributed by atoms with E-state index in [0.29, 0.717) is 0 Å². The van der Waals surface area contributed by atoms with Crippen molar-refractivity contribution in [2.24, 2.45) is 0 Å². The van der Waals surface area contributed by atoms with Gasteiger partial charge in [0.15, 0.2) is 0 Å². The van der Waals surface area contributed by atoms with Crippen molar-refractivity contribution in [2.75, 3.05) is 5.75 Å². The molecule has 0 fully saturated rings. The van der Waals surface area contributed by atoms with Crippen molar-refractivity contribution < 1.29 is 9.90 Å². The summed E-state index contributed by atoms with van der Waals surface area (Å²) in [6, 6.07) is 17.1. The Kier molecular flexibility index (Phi) is 6.02. The molecule has 0 saturated carbocycles. The van der Waals surface area contributed by atoms with Crippen LogP contribution < -0.4 is 0 Å². The zero-order valence-corrected chi connectivity index (χ0v) is 12.6. The molecule has 0 atom stereocenters. The van der Waals surface area contributed by atoms with Crippen molar-refractivity contribution in [1.29, 1.82) is 0 Å². The summed E-state index contributed by atoms with van der Waals surface area (Å²) in [7, 11) is 0. The van der Waals surface area contributed by atoms with E-state index in [2.05, 4.69) is 0 Å².